The van der Waals surface area contributed by atoms with Crippen molar-refractivity contribution >= 4 is 29.1 Å². The zero-order valence-electron chi connectivity index (χ0n) is 17.4. The molecule has 0 atom stereocenters. The molecule has 0 aliphatic carbocycles. The van der Waals surface area contributed by atoms with E-state index in [0.29, 0.717) is 16.9 Å². The van der Waals surface area contributed by atoms with Gasteiger partial charge in [0.25, 0.3) is 0 Å². The Hall–Kier alpha value is -4.31. The lowest BCUT2D eigenvalue weighted by Gasteiger charge is -2.25. The molecule has 0 aromatic heterocycles. The number of nitrogens with one attached hydrogen (secondary N) is 1. The first kappa shape index (κ1) is 21.4. The Labute approximate surface area is 180 Å². The Morgan fingerprint density at radius 1 is 0.935 bits per heavy atom. The summed E-state index contributed by atoms with van der Waals surface area (Å²) in [5.74, 6) is -0.532. The lowest BCUT2D eigenvalue weighted by atomic mass is 10.00. The fourth-order valence-electron chi connectivity index (χ4n) is 3.27. The van der Waals surface area contributed by atoms with Gasteiger partial charge in [-0.25, -0.2) is 9.59 Å². The molecule has 0 unspecified atom stereocenters. The van der Waals surface area contributed by atoms with Gasteiger partial charge in [-0.3, -0.25) is 5.32 Å². The van der Waals surface area contributed by atoms with Gasteiger partial charge >= 0.3 is 12.1 Å². The van der Waals surface area contributed by atoms with Gasteiger partial charge in [-0.05, 0) is 41.5 Å². The summed E-state index contributed by atoms with van der Waals surface area (Å²) in [5, 5.41) is 12.0. The van der Waals surface area contributed by atoms with Crippen molar-refractivity contribution in [1.29, 1.82) is 5.26 Å². The predicted molar refractivity (Wildman–Crippen MR) is 118 cm³/mol. The van der Waals surface area contributed by atoms with Gasteiger partial charge in [0.2, 0.25) is 0 Å². The van der Waals surface area contributed by atoms with E-state index in [1.165, 1.54) is 14.2 Å². The minimum Gasteiger partial charge on any atom is -0.465 e. The third kappa shape index (κ3) is 4.49. The van der Waals surface area contributed by atoms with Gasteiger partial charge in [-0.1, -0.05) is 36.4 Å². The molecule has 0 bridgehead atoms. The van der Waals surface area contributed by atoms with Crippen LogP contribution in [0.25, 0.3) is 11.1 Å². The number of ether oxygens (including phenoxy) is 2. The minimum absolute atomic E-state index is 0.290. The smallest absolute Gasteiger partial charge is 0.411 e. The van der Waals surface area contributed by atoms with Crippen molar-refractivity contribution in [2.75, 3.05) is 31.5 Å². The number of hydrogen-bond acceptors (Lipinski definition) is 6. The Balaban J connectivity index is 2.04. The maximum atomic E-state index is 12.4. The number of carbonyl (C=O) groups is 2. The summed E-state index contributed by atoms with van der Waals surface area (Å²) in [6, 6.07) is 22.1. The number of nitriles is 1. The first-order valence-electron chi connectivity index (χ1n) is 9.39. The SMILES string of the molecule is COC(=O)Nc1cccc(C(=O)OC)c1N(C)c1ccc(-c2ccccc2C#N)cc1. The van der Waals surface area contributed by atoms with Gasteiger partial charge in [0, 0.05) is 12.7 Å². The lowest BCUT2D eigenvalue weighted by Crippen LogP contribution is -2.19. The quantitative estimate of drug-likeness (QED) is 0.592. The number of hydrogen-bond donors (Lipinski definition) is 1. The number of methoxy groups -OCH3 is 2. The van der Waals surface area contributed by atoms with E-state index < -0.39 is 12.1 Å². The normalized spacial score (nSPS) is 10.0. The molecule has 1 amide bonds. The van der Waals surface area contributed by atoms with Crippen LogP contribution in [0.1, 0.15) is 15.9 Å². The van der Waals surface area contributed by atoms with Crippen LogP contribution in [-0.4, -0.2) is 33.3 Å². The average molecular weight is 415 g/mol. The highest BCUT2D eigenvalue weighted by atomic mass is 16.5. The largest absolute Gasteiger partial charge is 0.465 e. The van der Waals surface area contributed by atoms with Crippen LogP contribution in [0, 0.1) is 11.3 Å². The predicted octanol–water partition coefficient (Wildman–Crippen LogP) is 4.96. The lowest BCUT2D eigenvalue weighted by molar-refractivity contribution is 0.0601. The summed E-state index contributed by atoms with van der Waals surface area (Å²) in [4.78, 5) is 25.9. The van der Waals surface area contributed by atoms with Gasteiger partial charge in [0.15, 0.2) is 0 Å². The second-order valence-corrected chi connectivity index (χ2v) is 6.57. The Kier molecular flexibility index (Phi) is 6.53. The van der Waals surface area contributed by atoms with E-state index in [4.69, 9.17) is 9.47 Å². The molecule has 0 saturated carbocycles. The number of para-hydroxylation sites is 1. The first-order chi connectivity index (χ1) is 15.0. The fourth-order valence-corrected chi connectivity index (χ4v) is 3.27. The van der Waals surface area contributed by atoms with Crippen molar-refractivity contribution in [3.05, 3.63) is 77.9 Å². The van der Waals surface area contributed by atoms with Crippen molar-refractivity contribution < 1.29 is 19.1 Å². The van der Waals surface area contributed by atoms with Crippen LogP contribution in [0.15, 0.2) is 66.7 Å². The molecular weight excluding hydrogens is 394 g/mol. The number of nitrogens with zero attached hydrogens (tertiary/aromatic N) is 2. The molecule has 156 valence electrons. The third-order valence-electron chi connectivity index (χ3n) is 4.81. The van der Waals surface area contributed by atoms with Crippen LogP contribution in [0.4, 0.5) is 21.9 Å². The Morgan fingerprint density at radius 2 is 1.65 bits per heavy atom. The maximum absolute atomic E-state index is 12.4. The highest BCUT2D eigenvalue weighted by Crippen LogP contribution is 2.36. The van der Waals surface area contributed by atoms with E-state index in [1.54, 1.807) is 36.2 Å². The number of rotatable bonds is 5. The molecule has 0 aliphatic rings. The monoisotopic (exact) mass is 415 g/mol. The summed E-state index contributed by atoms with van der Waals surface area (Å²) in [6.45, 7) is 0. The number of benzene rings is 3. The molecule has 0 aliphatic heterocycles. The summed E-state index contributed by atoms with van der Waals surface area (Å²) in [5.41, 5.74) is 4.23. The van der Waals surface area contributed by atoms with Crippen LogP contribution < -0.4 is 10.2 Å². The molecule has 0 spiro atoms. The van der Waals surface area contributed by atoms with E-state index in [9.17, 15) is 14.9 Å². The van der Waals surface area contributed by atoms with Gasteiger partial charge in [-0.2, -0.15) is 5.26 Å². The molecule has 3 aromatic carbocycles. The summed E-state index contributed by atoms with van der Waals surface area (Å²) >= 11 is 0. The fraction of sp³-hybridized carbons (Fsp3) is 0.125. The van der Waals surface area contributed by atoms with E-state index in [1.807, 2.05) is 42.5 Å². The molecule has 7 nitrogen and oxygen atoms in total. The van der Waals surface area contributed by atoms with Crippen molar-refractivity contribution in [3.8, 4) is 17.2 Å². The van der Waals surface area contributed by atoms with E-state index >= 15 is 0 Å². The number of amides is 1. The van der Waals surface area contributed by atoms with E-state index in [2.05, 4.69) is 11.4 Å². The van der Waals surface area contributed by atoms with Crippen molar-refractivity contribution in [2.45, 2.75) is 0 Å². The summed E-state index contributed by atoms with van der Waals surface area (Å²) in [6.07, 6.45) is -0.653. The van der Waals surface area contributed by atoms with Crippen molar-refractivity contribution in [2.24, 2.45) is 0 Å². The van der Waals surface area contributed by atoms with Crippen LogP contribution in [0.3, 0.4) is 0 Å². The third-order valence-corrected chi connectivity index (χ3v) is 4.81. The van der Waals surface area contributed by atoms with E-state index in [0.717, 1.165) is 16.8 Å². The van der Waals surface area contributed by atoms with Crippen LogP contribution >= 0.6 is 0 Å². The molecule has 7 heteroatoms. The van der Waals surface area contributed by atoms with Crippen molar-refractivity contribution in [3.63, 3.8) is 0 Å². The van der Waals surface area contributed by atoms with Gasteiger partial charge in [0.1, 0.15) is 0 Å². The second kappa shape index (κ2) is 9.46. The molecule has 0 radical (unpaired) electrons. The van der Waals surface area contributed by atoms with Gasteiger partial charge in [0.05, 0.1) is 42.8 Å². The molecule has 1 N–H and O–H groups in total. The molecule has 31 heavy (non-hydrogen) atoms. The molecule has 3 aromatic rings. The number of anilines is 3. The summed E-state index contributed by atoms with van der Waals surface area (Å²) in [7, 11) is 4.34. The van der Waals surface area contributed by atoms with Gasteiger partial charge in [-0.15, -0.1) is 0 Å². The molecule has 0 heterocycles. The standard InChI is InChI=1S/C24H21N3O4/c1-27(18-13-11-16(12-14-18)19-8-5-4-7-17(19)15-25)22-20(23(28)30-2)9-6-10-21(22)26-24(29)31-3/h4-14H,1-3H3,(H,26,29). The molecule has 3 rings (SSSR count). The molecule has 0 saturated heterocycles. The van der Waals surface area contributed by atoms with Crippen molar-refractivity contribution in [1.82, 2.24) is 0 Å². The highest BCUT2D eigenvalue weighted by molar-refractivity contribution is 6.03. The summed E-state index contributed by atoms with van der Waals surface area (Å²) < 4.78 is 9.61. The van der Waals surface area contributed by atoms with Crippen LogP contribution in [0.2, 0.25) is 0 Å². The highest BCUT2D eigenvalue weighted by Gasteiger charge is 2.21. The molecular formula is C24H21N3O4. The zero-order chi connectivity index (χ0) is 22.4. The van der Waals surface area contributed by atoms with Gasteiger partial charge < -0.3 is 14.4 Å². The maximum Gasteiger partial charge on any atom is 0.411 e. The second-order valence-electron chi connectivity index (χ2n) is 6.57. The molecule has 0 fully saturated rings. The minimum atomic E-state index is -0.653. The number of carbonyl (C=O) groups excluding carboxylic acids is 2. The topological polar surface area (TPSA) is 91.7 Å². The van der Waals surface area contributed by atoms with E-state index in [-0.39, 0.29) is 5.56 Å². The van der Waals surface area contributed by atoms with Crippen LogP contribution in [0.5, 0.6) is 0 Å². The Morgan fingerprint density at radius 3 is 2.29 bits per heavy atom. The Bertz CT molecular complexity index is 1150. The number of esters is 1. The average Bonchev–Trinajstić information content (AvgIpc) is 2.82. The van der Waals surface area contributed by atoms with Crippen LogP contribution in [-0.2, 0) is 9.47 Å². The first-order valence-corrected chi connectivity index (χ1v) is 9.39. The zero-order valence-corrected chi connectivity index (χ0v) is 17.4.